The summed E-state index contributed by atoms with van der Waals surface area (Å²) in [5.41, 5.74) is 3.89. The highest BCUT2D eigenvalue weighted by molar-refractivity contribution is 5.85. The van der Waals surface area contributed by atoms with Crippen molar-refractivity contribution in [1.82, 2.24) is 10.2 Å². The van der Waals surface area contributed by atoms with Crippen LogP contribution in [0.25, 0.3) is 0 Å². The quantitative estimate of drug-likeness (QED) is 0.761. The van der Waals surface area contributed by atoms with Crippen molar-refractivity contribution in [2.24, 2.45) is 4.99 Å². The van der Waals surface area contributed by atoms with Gasteiger partial charge in [0.05, 0.1) is 12.1 Å². The number of benzene rings is 3. The number of fused-ring (bicyclic) bond motifs is 1. The van der Waals surface area contributed by atoms with Crippen molar-refractivity contribution in [2.45, 2.75) is 18.1 Å². The molecule has 1 saturated heterocycles. The second-order valence-electron chi connectivity index (χ2n) is 6.92. The van der Waals surface area contributed by atoms with E-state index in [0.29, 0.717) is 0 Å². The Morgan fingerprint density at radius 3 is 1.85 bits per heavy atom. The predicted octanol–water partition coefficient (Wildman–Crippen LogP) is 4.49. The highest BCUT2D eigenvalue weighted by atomic mass is 15.4. The summed E-state index contributed by atoms with van der Waals surface area (Å²) in [7, 11) is 0. The van der Waals surface area contributed by atoms with Crippen LogP contribution in [0.15, 0.2) is 96.0 Å². The maximum Gasteiger partial charge on any atom is 0.195 e. The molecule has 0 aromatic heterocycles. The lowest BCUT2D eigenvalue weighted by atomic mass is 9.93. The van der Waals surface area contributed by atoms with E-state index in [1.54, 1.807) is 0 Å². The van der Waals surface area contributed by atoms with Crippen molar-refractivity contribution in [2.75, 3.05) is 6.54 Å². The van der Waals surface area contributed by atoms with Crippen LogP contribution in [-0.2, 0) is 0 Å². The monoisotopic (exact) mass is 339 g/mol. The summed E-state index contributed by atoms with van der Waals surface area (Å²) < 4.78 is 0. The highest BCUT2D eigenvalue weighted by Gasteiger charge is 2.43. The van der Waals surface area contributed by atoms with E-state index in [4.69, 9.17) is 4.99 Å². The van der Waals surface area contributed by atoms with Crippen LogP contribution in [0.5, 0.6) is 0 Å². The summed E-state index contributed by atoms with van der Waals surface area (Å²) in [5.74, 6) is 1.02. The van der Waals surface area contributed by atoms with E-state index in [1.165, 1.54) is 16.7 Å². The zero-order valence-corrected chi connectivity index (χ0v) is 14.5. The Balaban J connectivity index is 1.53. The lowest BCUT2D eigenvalue weighted by Crippen LogP contribution is -2.29. The van der Waals surface area contributed by atoms with E-state index in [2.05, 4.69) is 101 Å². The van der Waals surface area contributed by atoms with Gasteiger partial charge < -0.3 is 10.2 Å². The van der Waals surface area contributed by atoms with Crippen molar-refractivity contribution in [3.8, 4) is 0 Å². The van der Waals surface area contributed by atoms with Crippen molar-refractivity contribution >= 4 is 5.96 Å². The van der Waals surface area contributed by atoms with Crippen molar-refractivity contribution in [3.05, 3.63) is 108 Å². The first-order chi connectivity index (χ1) is 12.9. The lowest BCUT2D eigenvalue weighted by Gasteiger charge is -2.27. The minimum absolute atomic E-state index is 0.123. The maximum absolute atomic E-state index is 5.09. The SMILES string of the molecule is c1ccc([C@H]2CN3C(=N[C@@H](c4ccccc4)[C@@H]3c3ccccc3)N2)cc1. The fourth-order valence-electron chi connectivity index (χ4n) is 4.09. The van der Waals surface area contributed by atoms with E-state index in [0.717, 1.165) is 12.5 Å². The Kier molecular flexibility index (Phi) is 3.71. The molecule has 2 heterocycles. The van der Waals surface area contributed by atoms with Gasteiger partial charge in [-0.05, 0) is 16.7 Å². The van der Waals surface area contributed by atoms with Crippen LogP contribution >= 0.6 is 0 Å². The summed E-state index contributed by atoms with van der Waals surface area (Å²) in [5, 5.41) is 3.64. The average Bonchev–Trinajstić information content (AvgIpc) is 3.28. The van der Waals surface area contributed by atoms with Crippen LogP contribution in [0, 0.1) is 0 Å². The minimum atomic E-state index is 0.123. The molecule has 128 valence electrons. The molecule has 0 unspecified atom stereocenters. The highest BCUT2D eigenvalue weighted by Crippen LogP contribution is 2.44. The number of hydrogen-bond donors (Lipinski definition) is 1. The van der Waals surface area contributed by atoms with Crippen LogP contribution in [0.4, 0.5) is 0 Å². The van der Waals surface area contributed by atoms with Crippen LogP contribution in [0.2, 0.25) is 0 Å². The molecule has 0 bridgehead atoms. The Labute approximate surface area is 154 Å². The topological polar surface area (TPSA) is 27.6 Å². The second-order valence-corrected chi connectivity index (χ2v) is 6.92. The van der Waals surface area contributed by atoms with Gasteiger partial charge in [-0.25, -0.2) is 4.99 Å². The molecule has 2 aliphatic heterocycles. The molecule has 3 atom stereocenters. The van der Waals surface area contributed by atoms with Gasteiger partial charge in [0.2, 0.25) is 0 Å². The first kappa shape index (κ1) is 15.2. The second kappa shape index (κ2) is 6.34. The molecule has 26 heavy (non-hydrogen) atoms. The van der Waals surface area contributed by atoms with Crippen LogP contribution < -0.4 is 5.32 Å². The Morgan fingerprint density at radius 1 is 0.692 bits per heavy atom. The van der Waals surface area contributed by atoms with Gasteiger partial charge >= 0.3 is 0 Å². The third kappa shape index (κ3) is 2.57. The minimum Gasteiger partial charge on any atom is -0.348 e. The molecule has 0 saturated carbocycles. The molecule has 0 radical (unpaired) electrons. The third-order valence-corrected chi connectivity index (χ3v) is 5.34. The summed E-state index contributed by atoms with van der Waals surface area (Å²) in [6, 6.07) is 32.7. The van der Waals surface area contributed by atoms with Crippen LogP contribution in [-0.4, -0.2) is 17.4 Å². The normalized spacial score (nSPS) is 24.1. The molecule has 5 rings (SSSR count). The number of hydrogen-bond acceptors (Lipinski definition) is 3. The molecule has 1 N–H and O–H groups in total. The van der Waals surface area contributed by atoms with Gasteiger partial charge in [-0.15, -0.1) is 0 Å². The smallest absolute Gasteiger partial charge is 0.195 e. The fraction of sp³-hybridized carbons (Fsp3) is 0.174. The Hall–Kier alpha value is -3.07. The van der Waals surface area contributed by atoms with Crippen molar-refractivity contribution in [1.29, 1.82) is 0 Å². The molecule has 3 heteroatoms. The van der Waals surface area contributed by atoms with Crippen molar-refractivity contribution in [3.63, 3.8) is 0 Å². The van der Waals surface area contributed by atoms with Gasteiger partial charge in [0.1, 0.15) is 6.04 Å². The standard InChI is InChI=1S/C23H21N3/c1-4-10-17(11-5-1)20-16-26-22(19-14-8-3-9-15-19)21(25-23(26)24-20)18-12-6-2-7-13-18/h1-15,20-22H,16H2,(H,24,25)/t20-,21+,22+/m1/s1. The maximum atomic E-state index is 5.09. The van der Waals surface area contributed by atoms with Crippen LogP contribution in [0.1, 0.15) is 34.8 Å². The molecule has 1 fully saturated rings. The number of aliphatic imine (C=N–C) groups is 1. The third-order valence-electron chi connectivity index (χ3n) is 5.34. The van der Waals surface area contributed by atoms with Crippen LogP contribution in [0.3, 0.4) is 0 Å². The first-order valence-electron chi connectivity index (χ1n) is 9.16. The van der Waals surface area contributed by atoms with Crippen molar-refractivity contribution < 1.29 is 0 Å². The Bertz CT molecular complexity index is 906. The van der Waals surface area contributed by atoms with Gasteiger partial charge in [0.25, 0.3) is 0 Å². The molecule has 3 aromatic rings. The molecule has 0 amide bonds. The first-order valence-corrected chi connectivity index (χ1v) is 9.16. The van der Waals surface area contributed by atoms with Gasteiger partial charge in [-0.2, -0.15) is 0 Å². The van der Waals surface area contributed by atoms with Gasteiger partial charge in [0.15, 0.2) is 5.96 Å². The van der Waals surface area contributed by atoms with Gasteiger partial charge in [-0.3, -0.25) is 0 Å². The van der Waals surface area contributed by atoms with Gasteiger partial charge in [-0.1, -0.05) is 91.0 Å². The molecular weight excluding hydrogens is 318 g/mol. The number of guanidine groups is 1. The zero-order valence-electron chi connectivity index (χ0n) is 14.5. The molecule has 0 aliphatic carbocycles. The van der Waals surface area contributed by atoms with Gasteiger partial charge in [0, 0.05) is 6.54 Å². The number of rotatable bonds is 3. The average molecular weight is 339 g/mol. The van der Waals surface area contributed by atoms with E-state index >= 15 is 0 Å². The molecule has 3 aromatic carbocycles. The summed E-state index contributed by atoms with van der Waals surface area (Å²) in [4.78, 5) is 7.52. The van der Waals surface area contributed by atoms with E-state index in [-0.39, 0.29) is 18.1 Å². The van der Waals surface area contributed by atoms with E-state index < -0.39 is 0 Å². The summed E-state index contributed by atoms with van der Waals surface area (Å²) >= 11 is 0. The summed E-state index contributed by atoms with van der Waals surface area (Å²) in [6.45, 7) is 0.936. The molecular formula is C23H21N3. The number of nitrogens with one attached hydrogen (secondary N) is 1. The largest absolute Gasteiger partial charge is 0.348 e. The fourth-order valence-corrected chi connectivity index (χ4v) is 4.09. The number of nitrogens with zero attached hydrogens (tertiary/aromatic N) is 2. The zero-order chi connectivity index (χ0) is 17.3. The van der Waals surface area contributed by atoms with E-state index in [1.807, 2.05) is 0 Å². The van der Waals surface area contributed by atoms with E-state index in [9.17, 15) is 0 Å². The predicted molar refractivity (Wildman–Crippen MR) is 105 cm³/mol. The Morgan fingerprint density at radius 2 is 1.23 bits per heavy atom. The molecule has 2 aliphatic rings. The lowest BCUT2D eigenvalue weighted by molar-refractivity contribution is 0.319. The molecule has 3 nitrogen and oxygen atoms in total. The summed E-state index contributed by atoms with van der Waals surface area (Å²) in [6.07, 6.45) is 0. The molecule has 0 spiro atoms.